The van der Waals surface area contributed by atoms with E-state index in [9.17, 15) is 0 Å². The fourth-order valence-corrected chi connectivity index (χ4v) is 2.40. The second-order valence-electron chi connectivity index (χ2n) is 5.50. The Balaban J connectivity index is 2.69. The lowest BCUT2D eigenvalue weighted by Crippen LogP contribution is -2.16. The topological polar surface area (TPSA) is 24.9 Å². The van der Waals surface area contributed by atoms with Crippen molar-refractivity contribution in [1.29, 1.82) is 0 Å². The first-order valence-corrected chi connectivity index (χ1v) is 7.06. The highest BCUT2D eigenvalue weighted by molar-refractivity contribution is 9.10. The zero-order valence-corrected chi connectivity index (χ0v) is 12.9. The van der Waals surface area contributed by atoms with Crippen LogP contribution in [0.1, 0.15) is 33.3 Å². The molecule has 0 atom stereocenters. The van der Waals surface area contributed by atoms with Crippen molar-refractivity contribution in [3.05, 3.63) is 34.3 Å². The predicted molar refractivity (Wildman–Crippen MR) is 82.3 cm³/mol. The first-order chi connectivity index (χ1) is 8.41. The third kappa shape index (κ3) is 2.66. The summed E-state index contributed by atoms with van der Waals surface area (Å²) >= 11 is 3.51. The van der Waals surface area contributed by atoms with E-state index in [-0.39, 0.29) is 5.41 Å². The fraction of sp³-hybridized carbons (Fsp3) is 0.400. The minimum absolute atomic E-state index is 0.0843. The van der Waals surface area contributed by atoms with Crippen LogP contribution in [0.25, 0.3) is 10.9 Å². The lowest BCUT2D eigenvalue weighted by atomic mass is 9.86. The Labute approximate surface area is 117 Å². The number of aromatic nitrogens is 1. The molecule has 3 heteroatoms. The lowest BCUT2D eigenvalue weighted by Gasteiger charge is -2.23. The van der Waals surface area contributed by atoms with Gasteiger partial charge in [0.05, 0.1) is 5.52 Å². The van der Waals surface area contributed by atoms with Crippen molar-refractivity contribution in [3.8, 4) is 0 Å². The number of fused-ring (bicyclic) bond motifs is 1. The molecule has 1 N–H and O–H groups in total. The van der Waals surface area contributed by atoms with E-state index in [1.54, 1.807) is 0 Å². The Kier molecular flexibility index (Phi) is 3.62. The summed E-state index contributed by atoms with van der Waals surface area (Å²) in [5.41, 5.74) is 2.37. The lowest BCUT2D eigenvalue weighted by molar-refractivity contribution is 0.590. The normalized spacial score (nSPS) is 11.8. The zero-order valence-electron chi connectivity index (χ0n) is 11.3. The third-order valence-electron chi connectivity index (χ3n) is 2.93. The van der Waals surface area contributed by atoms with Crippen LogP contribution in [0.2, 0.25) is 0 Å². The summed E-state index contributed by atoms with van der Waals surface area (Å²) in [7, 11) is 0. The summed E-state index contributed by atoms with van der Waals surface area (Å²) in [6.45, 7) is 9.63. The van der Waals surface area contributed by atoms with Crippen LogP contribution in [0.4, 0.5) is 5.82 Å². The van der Waals surface area contributed by atoms with E-state index in [4.69, 9.17) is 4.98 Å². The van der Waals surface area contributed by atoms with Gasteiger partial charge in [0.15, 0.2) is 0 Å². The van der Waals surface area contributed by atoms with E-state index in [0.29, 0.717) is 0 Å². The smallest absolute Gasteiger partial charge is 0.130 e. The van der Waals surface area contributed by atoms with Gasteiger partial charge in [-0.2, -0.15) is 0 Å². The second-order valence-corrected chi connectivity index (χ2v) is 6.42. The number of hydrogen-bond donors (Lipinski definition) is 1. The first kappa shape index (κ1) is 13.3. The van der Waals surface area contributed by atoms with Crippen LogP contribution >= 0.6 is 15.9 Å². The minimum atomic E-state index is 0.0843. The molecule has 1 aromatic carbocycles. The maximum atomic E-state index is 4.74. The Morgan fingerprint density at radius 2 is 1.94 bits per heavy atom. The van der Waals surface area contributed by atoms with Crippen molar-refractivity contribution in [2.24, 2.45) is 0 Å². The maximum Gasteiger partial charge on any atom is 0.130 e. The zero-order chi connectivity index (χ0) is 13.3. The molecule has 2 aromatic rings. The van der Waals surface area contributed by atoms with E-state index >= 15 is 0 Å². The van der Waals surface area contributed by atoms with Gasteiger partial charge in [-0.25, -0.2) is 4.98 Å². The SMILES string of the molecule is CCNc1nc2ccc(Br)cc2cc1C(C)(C)C. The molecular formula is C15H19BrN2. The second kappa shape index (κ2) is 4.88. The van der Waals surface area contributed by atoms with E-state index in [2.05, 4.69) is 61.1 Å². The molecule has 1 aromatic heterocycles. The van der Waals surface area contributed by atoms with Gasteiger partial charge in [0.2, 0.25) is 0 Å². The van der Waals surface area contributed by atoms with Gasteiger partial charge in [0.25, 0.3) is 0 Å². The number of benzene rings is 1. The highest BCUT2D eigenvalue weighted by Gasteiger charge is 2.19. The number of rotatable bonds is 2. The standard InChI is InChI=1S/C15H19BrN2/c1-5-17-14-12(15(2,3)4)9-10-8-11(16)6-7-13(10)18-14/h6-9H,5H2,1-4H3,(H,17,18). The predicted octanol–water partition coefficient (Wildman–Crippen LogP) is 4.73. The fourth-order valence-electron chi connectivity index (χ4n) is 2.02. The van der Waals surface area contributed by atoms with Crippen molar-refractivity contribution in [2.45, 2.75) is 33.1 Å². The summed E-state index contributed by atoms with van der Waals surface area (Å²) in [5, 5.41) is 4.54. The van der Waals surface area contributed by atoms with Crippen LogP contribution < -0.4 is 5.32 Å². The van der Waals surface area contributed by atoms with Crippen LogP contribution in [0.3, 0.4) is 0 Å². The summed E-state index contributed by atoms with van der Waals surface area (Å²) in [5.74, 6) is 1.000. The summed E-state index contributed by atoms with van der Waals surface area (Å²) in [6, 6.07) is 8.44. The average molecular weight is 307 g/mol. The molecule has 0 radical (unpaired) electrons. The molecular weight excluding hydrogens is 288 g/mol. The molecule has 2 nitrogen and oxygen atoms in total. The number of hydrogen-bond acceptors (Lipinski definition) is 2. The van der Waals surface area contributed by atoms with E-state index in [1.807, 2.05) is 12.1 Å². The molecule has 0 spiro atoms. The number of nitrogens with one attached hydrogen (secondary N) is 1. The van der Waals surface area contributed by atoms with Gasteiger partial charge in [-0.15, -0.1) is 0 Å². The molecule has 0 aliphatic rings. The Morgan fingerprint density at radius 3 is 2.56 bits per heavy atom. The van der Waals surface area contributed by atoms with Gasteiger partial charge in [-0.3, -0.25) is 0 Å². The van der Waals surface area contributed by atoms with Crippen LogP contribution in [0, 0.1) is 0 Å². The highest BCUT2D eigenvalue weighted by atomic mass is 79.9. The molecule has 96 valence electrons. The van der Waals surface area contributed by atoms with Crippen LogP contribution in [-0.2, 0) is 5.41 Å². The van der Waals surface area contributed by atoms with E-state index < -0.39 is 0 Å². The molecule has 0 saturated carbocycles. The number of pyridine rings is 1. The maximum absolute atomic E-state index is 4.74. The van der Waals surface area contributed by atoms with Crippen LogP contribution in [-0.4, -0.2) is 11.5 Å². The Morgan fingerprint density at radius 1 is 1.22 bits per heavy atom. The van der Waals surface area contributed by atoms with Crippen molar-refractivity contribution < 1.29 is 0 Å². The average Bonchev–Trinajstić information content (AvgIpc) is 2.27. The highest BCUT2D eigenvalue weighted by Crippen LogP contribution is 2.32. The third-order valence-corrected chi connectivity index (χ3v) is 3.42. The van der Waals surface area contributed by atoms with Gasteiger partial charge in [0.1, 0.15) is 5.82 Å². The van der Waals surface area contributed by atoms with Gasteiger partial charge >= 0.3 is 0 Å². The molecule has 2 rings (SSSR count). The van der Waals surface area contributed by atoms with Crippen LogP contribution in [0.5, 0.6) is 0 Å². The largest absolute Gasteiger partial charge is 0.370 e. The monoisotopic (exact) mass is 306 g/mol. The van der Waals surface area contributed by atoms with Gasteiger partial charge in [-0.1, -0.05) is 36.7 Å². The van der Waals surface area contributed by atoms with Gasteiger partial charge in [-0.05, 0) is 36.6 Å². The van der Waals surface area contributed by atoms with Crippen molar-refractivity contribution in [2.75, 3.05) is 11.9 Å². The minimum Gasteiger partial charge on any atom is -0.370 e. The summed E-state index contributed by atoms with van der Waals surface area (Å²) < 4.78 is 1.09. The molecule has 0 saturated heterocycles. The molecule has 0 unspecified atom stereocenters. The first-order valence-electron chi connectivity index (χ1n) is 6.26. The van der Waals surface area contributed by atoms with Crippen molar-refractivity contribution in [3.63, 3.8) is 0 Å². The quantitative estimate of drug-likeness (QED) is 0.868. The molecule has 0 aliphatic heterocycles. The van der Waals surface area contributed by atoms with Gasteiger partial charge < -0.3 is 5.32 Å². The van der Waals surface area contributed by atoms with Gasteiger partial charge in [0, 0.05) is 22.0 Å². The van der Waals surface area contributed by atoms with E-state index in [0.717, 1.165) is 22.4 Å². The van der Waals surface area contributed by atoms with Crippen molar-refractivity contribution >= 4 is 32.7 Å². The summed E-state index contributed by atoms with van der Waals surface area (Å²) in [4.78, 5) is 4.74. The molecule has 1 heterocycles. The molecule has 0 bridgehead atoms. The number of halogens is 1. The summed E-state index contributed by atoms with van der Waals surface area (Å²) in [6.07, 6.45) is 0. The number of nitrogens with zero attached hydrogens (tertiary/aromatic N) is 1. The molecule has 0 amide bonds. The molecule has 18 heavy (non-hydrogen) atoms. The van der Waals surface area contributed by atoms with Crippen molar-refractivity contribution in [1.82, 2.24) is 4.98 Å². The Bertz CT molecular complexity index is 570. The molecule has 0 fully saturated rings. The number of anilines is 1. The van der Waals surface area contributed by atoms with E-state index in [1.165, 1.54) is 10.9 Å². The van der Waals surface area contributed by atoms with Crippen LogP contribution in [0.15, 0.2) is 28.7 Å². The Hall–Kier alpha value is -1.09. The molecule has 0 aliphatic carbocycles.